The minimum absolute atomic E-state index is 0.103. The molecule has 1 aliphatic heterocycles. The Hall–Kier alpha value is -1.58. The molecule has 2 amide bonds. The third-order valence-electron chi connectivity index (χ3n) is 3.77. The first-order valence-electron chi connectivity index (χ1n) is 7.91. The lowest BCUT2D eigenvalue weighted by molar-refractivity contribution is -0.121. The molecule has 1 aliphatic rings. The van der Waals surface area contributed by atoms with E-state index in [1.807, 2.05) is 0 Å². The monoisotopic (exact) mass is 386 g/mol. The fourth-order valence-corrected chi connectivity index (χ4v) is 4.66. The lowest BCUT2D eigenvalue weighted by Gasteiger charge is -2.15. The second kappa shape index (κ2) is 8.68. The van der Waals surface area contributed by atoms with Crippen molar-refractivity contribution in [1.29, 1.82) is 0 Å². The van der Waals surface area contributed by atoms with E-state index in [-0.39, 0.29) is 23.1 Å². The Balaban J connectivity index is 2.13. The number of hydrogen-bond acceptors (Lipinski definition) is 6. The highest BCUT2D eigenvalue weighted by molar-refractivity contribution is 7.99. The number of hydrogen-bond donors (Lipinski definition) is 2. The number of carbonyl (C=O) groups excluding carboxylic acids is 2. The third kappa shape index (κ3) is 5.20. The van der Waals surface area contributed by atoms with Gasteiger partial charge in [0.1, 0.15) is 0 Å². The van der Waals surface area contributed by atoms with Gasteiger partial charge < -0.3 is 15.4 Å². The van der Waals surface area contributed by atoms with Gasteiger partial charge in [0, 0.05) is 37.1 Å². The third-order valence-corrected chi connectivity index (χ3v) is 6.98. The summed E-state index contributed by atoms with van der Waals surface area (Å²) in [5.41, 5.74) is 0.505. The molecule has 0 spiro atoms. The number of carbonyl (C=O) groups is 2. The number of rotatable bonds is 7. The second-order valence-corrected chi connectivity index (χ2v) is 9.21. The molecule has 1 aromatic carbocycles. The molecule has 0 aliphatic carbocycles. The molecular weight excluding hydrogens is 364 g/mol. The van der Waals surface area contributed by atoms with Crippen molar-refractivity contribution in [2.24, 2.45) is 0 Å². The van der Waals surface area contributed by atoms with E-state index in [1.165, 1.54) is 37.9 Å². The summed E-state index contributed by atoms with van der Waals surface area (Å²) >= 11 is 1.51. The Morgan fingerprint density at radius 1 is 1.44 bits per heavy atom. The number of nitrogens with one attached hydrogen (secondary N) is 2. The molecule has 138 valence electrons. The zero-order chi connectivity index (χ0) is 18.4. The molecule has 2 N–H and O–H groups in total. The van der Waals surface area contributed by atoms with Crippen LogP contribution in [0.5, 0.6) is 0 Å². The van der Waals surface area contributed by atoms with E-state index in [0.29, 0.717) is 31.0 Å². The van der Waals surface area contributed by atoms with Gasteiger partial charge in [-0.05, 0) is 25.1 Å². The van der Waals surface area contributed by atoms with Gasteiger partial charge in [0.15, 0.2) is 9.84 Å². The van der Waals surface area contributed by atoms with Gasteiger partial charge in [-0.25, -0.2) is 8.42 Å². The fraction of sp³-hybridized carbons (Fsp3) is 0.500. The van der Waals surface area contributed by atoms with E-state index in [9.17, 15) is 18.0 Å². The van der Waals surface area contributed by atoms with Crippen LogP contribution in [0.3, 0.4) is 0 Å². The largest absolute Gasteiger partial charge is 0.383 e. The molecule has 1 aromatic rings. The number of sulfone groups is 1. The Labute approximate surface area is 151 Å². The van der Waals surface area contributed by atoms with Crippen molar-refractivity contribution >= 4 is 39.1 Å². The zero-order valence-corrected chi connectivity index (χ0v) is 15.8. The number of benzene rings is 1. The highest BCUT2D eigenvalue weighted by Gasteiger charge is 2.27. The van der Waals surface area contributed by atoms with Gasteiger partial charge in [0.05, 0.1) is 22.4 Å². The minimum Gasteiger partial charge on any atom is -0.383 e. The standard InChI is InChI=1S/C16H22N2O5S2/c1-11(9-16(20)17-6-7-23-2)25(21,22)12-3-4-14-13(10-12)18-15(19)5-8-24-14/h3-4,10-11H,5-9H2,1-2H3,(H,17,20)(H,18,19). The zero-order valence-electron chi connectivity index (χ0n) is 14.2. The number of anilines is 1. The Kier molecular flexibility index (Phi) is 6.86. The molecule has 1 atom stereocenters. The highest BCUT2D eigenvalue weighted by atomic mass is 32.2. The molecule has 2 rings (SSSR count). The van der Waals surface area contributed by atoms with Gasteiger partial charge in [-0.2, -0.15) is 0 Å². The van der Waals surface area contributed by atoms with E-state index in [0.717, 1.165) is 4.90 Å². The first-order valence-corrected chi connectivity index (χ1v) is 10.4. The van der Waals surface area contributed by atoms with Crippen LogP contribution in [0.4, 0.5) is 5.69 Å². The Morgan fingerprint density at radius 2 is 2.20 bits per heavy atom. The first-order chi connectivity index (χ1) is 11.8. The smallest absolute Gasteiger partial charge is 0.225 e. The molecule has 0 saturated carbocycles. The summed E-state index contributed by atoms with van der Waals surface area (Å²) in [6.45, 7) is 2.21. The van der Waals surface area contributed by atoms with Gasteiger partial charge in [0.25, 0.3) is 0 Å². The van der Waals surface area contributed by atoms with Crippen molar-refractivity contribution in [3.63, 3.8) is 0 Å². The Bertz CT molecular complexity index is 749. The number of thioether (sulfide) groups is 1. The predicted molar refractivity (Wildman–Crippen MR) is 96.6 cm³/mol. The van der Waals surface area contributed by atoms with Crippen LogP contribution in [-0.2, 0) is 24.2 Å². The van der Waals surface area contributed by atoms with Crippen LogP contribution < -0.4 is 10.6 Å². The van der Waals surface area contributed by atoms with E-state index in [4.69, 9.17) is 4.74 Å². The van der Waals surface area contributed by atoms with Crippen LogP contribution in [0, 0.1) is 0 Å². The average Bonchev–Trinajstić information content (AvgIpc) is 2.74. The maximum Gasteiger partial charge on any atom is 0.225 e. The summed E-state index contributed by atoms with van der Waals surface area (Å²) in [4.78, 5) is 24.5. The minimum atomic E-state index is -3.68. The van der Waals surface area contributed by atoms with Gasteiger partial charge in [-0.15, -0.1) is 11.8 Å². The summed E-state index contributed by atoms with van der Waals surface area (Å²) in [5.74, 6) is 0.182. The molecule has 1 heterocycles. The van der Waals surface area contributed by atoms with E-state index >= 15 is 0 Å². The first kappa shape index (κ1) is 19.7. The number of amides is 2. The van der Waals surface area contributed by atoms with Gasteiger partial charge in [-0.1, -0.05) is 0 Å². The van der Waals surface area contributed by atoms with Crippen molar-refractivity contribution in [2.75, 3.05) is 31.3 Å². The van der Waals surface area contributed by atoms with E-state index in [1.54, 1.807) is 6.07 Å². The van der Waals surface area contributed by atoms with Crippen molar-refractivity contribution in [1.82, 2.24) is 5.32 Å². The van der Waals surface area contributed by atoms with Crippen LogP contribution in [0.1, 0.15) is 19.8 Å². The molecule has 25 heavy (non-hydrogen) atoms. The van der Waals surface area contributed by atoms with E-state index in [2.05, 4.69) is 10.6 Å². The lowest BCUT2D eigenvalue weighted by Crippen LogP contribution is -2.32. The molecule has 1 unspecified atom stereocenters. The predicted octanol–water partition coefficient (Wildman–Crippen LogP) is 1.44. The van der Waals surface area contributed by atoms with Crippen molar-refractivity contribution in [3.05, 3.63) is 18.2 Å². The number of methoxy groups -OCH3 is 1. The summed E-state index contributed by atoms with van der Waals surface area (Å²) in [6.07, 6.45) is 0.254. The molecule has 0 aromatic heterocycles. The van der Waals surface area contributed by atoms with Crippen molar-refractivity contribution < 1.29 is 22.7 Å². The molecule has 0 fully saturated rings. The molecule has 9 heteroatoms. The van der Waals surface area contributed by atoms with Crippen LogP contribution in [0.2, 0.25) is 0 Å². The summed E-state index contributed by atoms with van der Waals surface area (Å²) in [6, 6.07) is 4.70. The average molecular weight is 386 g/mol. The SMILES string of the molecule is COCCNC(=O)CC(C)S(=O)(=O)c1ccc2c(c1)NC(=O)CCS2. The Morgan fingerprint density at radius 3 is 2.92 bits per heavy atom. The highest BCUT2D eigenvalue weighted by Crippen LogP contribution is 2.33. The van der Waals surface area contributed by atoms with Gasteiger partial charge in [-0.3, -0.25) is 9.59 Å². The second-order valence-electron chi connectivity index (χ2n) is 5.71. The van der Waals surface area contributed by atoms with Crippen LogP contribution in [0.25, 0.3) is 0 Å². The molecule has 0 bridgehead atoms. The molecule has 7 nitrogen and oxygen atoms in total. The van der Waals surface area contributed by atoms with E-state index < -0.39 is 15.1 Å². The fourth-order valence-electron chi connectivity index (χ4n) is 2.34. The summed E-state index contributed by atoms with van der Waals surface area (Å²) < 4.78 is 30.3. The van der Waals surface area contributed by atoms with Gasteiger partial charge >= 0.3 is 0 Å². The number of ether oxygens (including phenoxy) is 1. The summed E-state index contributed by atoms with van der Waals surface area (Å²) in [5, 5.41) is 4.47. The van der Waals surface area contributed by atoms with Crippen LogP contribution in [0.15, 0.2) is 28.0 Å². The maximum atomic E-state index is 12.7. The van der Waals surface area contributed by atoms with Crippen LogP contribution in [-0.4, -0.2) is 51.5 Å². The quantitative estimate of drug-likeness (QED) is 0.688. The van der Waals surface area contributed by atoms with Crippen molar-refractivity contribution in [2.45, 2.75) is 34.8 Å². The molecule has 0 saturated heterocycles. The normalized spacial score (nSPS) is 15.7. The van der Waals surface area contributed by atoms with Gasteiger partial charge in [0.2, 0.25) is 11.8 Å². The van der Waals surface area contributed by atoms with Crippen LogP contribution >= 0.6 is 11.8 Å². The topological polar surface area (TPSA) is 102 Å². The van der Waals surface area contributed by atoms with Crippen molar-refractivity contribution in [3.8, 4) is 0 Å². The summed E-state index contributed by atoms with van der Waals surface area (Å²) in [7, 11) is -2.16. The maximum absolute atomic E-state index is 12.7. The molecule has 0 radical (unpaired) electrons. The lowest BCUT2D eigenvalue weighted by atomic mass is 10.3. The number of fused-ring (bicyclic) bond motifs is 1. The molecular formula is C16H22N2O5S2.